The van der Waals surface area contributed by atoms with Crippen LogP contribution in [0.2, 0.25) is 5.15 Å². The van der Waals surface area contributed by atoms with Crippen molar-refractivity contribution >= 4 is 36.4 Å². The number of nitrogens with one attached hydrogen (secondary N) is 1. The third-order valence-electron chi connectivity index (χ3n) is 2.26. The topological polar surface area (TPSA) is 34.1 Å². The molecule has 1 fully saturated rings. The van der Waals surface area contributed by atoms with E-state index in [4.69, 9.17) is 16.3 Å². The van der Waals surface area contributed by atoms with E-state index in [9.17, 15) is 0 Å². The zero-order valence-corrected chi connectivity index (χ0v) is 11.1. The lowest BCUT2D eigenvalue weighted by molar-refractivity contribution is 0.156. The van der Waals surface area contributed by atoms with E-state index in [-0.39, 0.29) is 30.9 Å². The van der Waals surface area contributed by atoms with Crippen molar-refractivity contribution in [2.75, 3.05) is 13.1 Å². The minimum absolute atomic E-state index is 0. The molecular weight excluding hydrogens is 270 g/mol. The Morgan fingerprint density at radius 2 is 1.94 bits per heavy atom. The fraction of sp³-hybridized carbons (Fsp3) is 0.500. The molecule has 0 saturated carbocycles. The Hall–Kier alpha value is -0.220. The van der Waals surface area contributed by atoms with Gasteiger partial charge >= 0.3 is 0 Å². The highest BCUT2D eigenvalue weighted by atomic mass is 35.5. The van der Waals surface area contributed by atoms with Crippen molar-refractivity contribution in [1.29, 1.82) is 0 Å². The van der Waals surface area contributed by atoms with Crippen LogP contribution in [0.3, 0.4) is 0 Å². The highest BCUT2D eigenvalue weighted by Gasteiger charge is 2.14. The molecule has 1 N–H and O–H groups in total. The largest absolute Gasteiger partial charge is 0.474 e. The van der Waals surface area contributed by atoms with Crippen LogP contribution in [0.25, 0.3) is 0 Å². The molecule has 2 rings (SSSR count). The van der Waals surface area contributed by atoms with Gasteiger partial charge in [0, 0.05) is 6.07 Å². The molecule has 0 bridgehead atoms. The fourth-order valence-electron chi connectivity index (χ4n) is 1.54. The number of nitrogens with zero attached hydrogens (tertiary/aromatic N) is 1. The van der Waals surface area contributed by atoms with Crippen LogP contribution < -0.4 is 10.1 Å². The van der Waals surface area contributed by atoms with E-state index in [1.54, 1.807) is 6.07 Å². The van der Waals surface area contributed by atoms with Gasteiger partial charge in [-0.1, -0.05) is 17.7 Å². The van der Waals surface area contributed by atoms with Gasteiger partial charge in [-0.2, -0.15) is 0 Å². The molecule has 0 amide bonds. The first-order valence-electron chi connectivity index (χ1n) is 4.84. The first kappa shape index (κ1) is 15.8. The summed E-state index contributed by atoms with van der Waals surface area (Å²) in [6.45, 7) is 2.04. The molecule has 3 nitrogen and oxygen atoms in total. The van der Waals surface area contributed by atoms with Gasteiger partial charge in [0.1, 0.15) is 11.3 Å². The van der Waals surface area contributed by atoms with Crippen LogP contribution >= 0.6 is 36.4 Å². The molecule has 0 unspecified atom stereocenters. The van der Waals surface area contributed by atoms with E-state index in [1.807, 2.05) is 12.1 Å². The minimum Gasteiger partial charge on any atom is -0.474 e. The molecule has 6 heteroatoms. The van der Waals surface area contributed by atoms with Crippen LogP contribution in [-0.4, -0.2) is 24.2 Å². The third kappa shape index (κ3) is 4.74. The van der Waals surface area contributed by atoms with Gasteiger partial charge in [-0.3, -0.25) is 0 Å². The van der Waals surface area contributed by atoms with Crippen molar-refractivity contribution in [3.05, 3.63) is 23.4 Å². The van der Waals surface area contributed by atoms with Crippen LogP contribution in [0.1, 0.15) is 12.8 Å². The lowest BCUT2D eigenvalue weighted by Gasteiger charge is -2.23. The average molecular weight is 286 g/mol. The fourth-order valence-corrected chi connectivity index (χ4v) is 1.70. The summed E-state index contributed by atoms with van der Waals surface area (Å²) in [5, 5.41) is 3.77. The highest BCUT2D eigenvalue weighted by Crippen LogP contribution is 2.16. The van der Waals surface area contributed by atoms with Crippen LogP contribution in [0.4, 0.5) is 0 Å². The summed E-state index contributed by atoms with van der Waals surface area (Å²) in [4.78, 5) is 4.09. The Balaban J connectivity index is 0.00000112. The third-order valence-corrected chi connectivity index (χ3v) is 2.47. The minimum atomic E-state index is 0. The molecule has 1 aliphatic heterocycles. The Kier molecular flexibility index (Phi) is 7.85. The highest BCUT2D eigenvalue weighted by molar-refractivity contribution is 6.29. The van der Waals surface area contributed by atoms with E-state index < -0.39 is 0 Å². The van der Waals surface area contributed by atoms with Crippen LogP contribution in [0.15, 0.2) is 18.2 Å². The van der Waals surface area contributed by atoms with Crippen LogP contribution in [0, 0.1) is 0 Å². The Morgan fingerprint density at radius 1 is 1.25 bits per heavy atom. The first-order chi connectivity index (χ1) is 6.84. The molecule has 0 radical (unpaired) electrons. The number of ether oxygens (including phenoxy) is 1. The van der Waals surface area contributed by atoms with Crippen molar-refractivity contribution < 1.29 is 4.74 Å². The maximum Gasteiger partial charge on any atom is 0.214 e. The summed E-state index contributed by atoms with van der Waals surface area (Å²) < 4.78 is 5.70. The maximum absolute atomic E-state index is 5.76. The number of halogens is 3. The summed E-state index contributed by atoms with van der Waals surface area (Å²) >= 11 is 5.76. The second-order valence-electron chi connectivity index (χ2n) is 3.37. The molecular formula is C10H15Cl3N2O. The second kappa shape index (κ2) is 7.96. The van der Waals surface area contributed by atoms with Crippen LogP contribution in [-0.2, 0) is 0 Å². The Labute approximate surface area is 113 Å². The normalized spacial score (nSPS) is 15.8. The van der Waals surface area contributed by atoms with Crippen molar-refractivity contribution in [3.8, 4) is 5.88 Å². The number of rotatable bonds is 2. The zero-order valence-electron chi connectivity index (χ0n) is 8.69. The van der Waals surface area contributed by atoms with Gasteiger partial charge in [-0.15, -0.1) is 24.8 Å². The summed E-state index contributed by atoms with van der Waals surface area (Å²) in [5.74, 6) is 0.629. The molecule has 16 heavy (non-hydrogen) atoms. The summed E-state index contributed by atoms with van der Waals surface area (Å²) in [6.07, 6.45) is 2.35. The molecule has 92 valence electrons. The lowest BCUT2D eigenvalue weighted by Crippen LogP contribution is -2.34. The number of pyridine rings is 1. The van der Waals surface area contributed by atoms with Crippen molar-refractivity contribution in [2.24, 2.45) is 0 Å². The Morgan fingerprint density at radius 3 is 2.56 bits per heavy atom. The lowest BCUT2D eigenvalue weighted by atomic mass is 10.1. The molecule has 1 saturated heterocycles. The van der Waals surface area contributed by atoms with Gasteiger partial charge in [0.2, 0.25) is 5.88 Å². The Bertz CT molecular complexity index is 306. The van der Waals surface area contributed by atoms with Gasteiger partial charge in [-0.05, 0) is 32.0 Å². The second-order valence-corrected chi connectivity index (χ2v) is 3.75. The van der Waals surface area contributed by atoms with E-state index in [2.05, 4.69) is 10.3 Å². The van der Waals surface area contributed by atoms with Gasteiger partial charge in [0.15, 0.2) is 0 Å². The smallest absolute Gasteiger partial charge is 0.214 e. The zero-order chi connectivity index (χ0) is 9.80. The monoisotopic (exact) mass is 284 g/mol. The van der Waals surface area contributed by atoms with E-state index in [0.717, 1.165) is 25.9 Å². The SMILES string of the molecule is Cl.Cl.Clc1cccc(OC2CCNCC2)n1. The van der Waals surface area contributed by atoms with Gasteiger partial charge in [-0.25, -0.2) is 4.98 Å². The van der Waals surface area contributed by atoms with E-state index in [1.165, 1.54) is 0 Å². The number of piperidine rings is 1. The van der Waals surface area contributed by atoms with Gasteiger partial charge in [0.25, 0.3) is 0 Å². The van der Waals surface area contributed by atoms with E-state index >= 15 is 0 Å². The van der Waals surface area contributed by atoms with Gasteiger partial charge in [0.05, 0.1) is 0 Å². The van der Waals surface area contributed by atoms with Crippen molar-refractivity contribution in [2.45, 2.75) is 18.9 Å². The predicted molar refractivity (Wildman–Crippen MR) is 70.3 cm³/mol. The first-order valence-corrected chi connectivity index (χ1v) is 5.22. The molecule has 0 spiro atoms. The average Bonchev–Trinajstić information content (AvgIpc) is 2.19. The van der Waals surface area contributed by atoms with E-state index in [0.29, 0.717) is 11.0 Å². The molecule has 1 aromatic heterocycles. The summed E-state index contributed by atoms with van der Waals surface area (Å²) in [5.41, 5.74) is 0. The van der Waals surface area contributed by atoms with Gasteiger partial charge < -0.3 is 10.1 Å². The molecule has 1 aromatic rings. The molecule has 0 aromatic carbocycles. The molecule has 2 heterocycles. The number of hydrogen-bond donors (Lipinski definition) is 1. The molecule has 0 aliphatic carbocycles. The molecule has 0 atom stereocenters. The number of hydrogen-bond acceptors (Lipinski definition) is 3. The molecule has 1 aliphatic rings. The van der Waals surface area contributed by atoms with Crippen molar-refractivity contribution in [3.63, 3.8) is 0 Å². The quantitative estimate of drug-likeness (QED) is 0.849. The standard InChI is InChI=1S/C10H13ClN2O.2ClH/c11-9-2-1-3-10(13-9)14-8-4-6-12-7-5-8;;/h1-3,8,12H,4-7H2;2*1H. The number of aromatic nitrogens is 1. The summed E-state index contributed by atoms with van der Waals surface area (Å²) in [6, 6.07) is 5.44. The predicted octanol–water partition coefficient (Wildman–Crippen LogP) is 2.71. The van der Waals surface area contributed by atoms with Crippen LogP contribution in [0.5, 0.6) is 5.88 Å². The summed E-state index contributed by atoms with van der Waals surface area (Å²) in [7, 11) is 0. The maximum atomic E-state index is 5.76. The van der Waals surface area contributed by atoms with Crippen molar-refractivity contribution in [1.82, 2.24) is 10.3 Å².